The summed E-state index contributed by atoms with van der Waals surface area (Å²) in [4.78, 5) is 0. The van der Waals surface area contributed by atoms with E-state index in [1.165, 1.54) is 11.1 Å². The fourth-order valence-electron chi connectivity index (χ4n) is 3.22. The number of benzene rings is 2. The van der Waals surface area contributed by atoms with Gasteiger partial charge in [-0.2, -0.15) is 0 Å². The Morgan fingerprint density at radius 1 is 1.00 bits per heavy atom. The van der Waals surface area contributed by atoms with E-state index in [4.69, 9.17) is 5.11 Å². The lowest BCUT2D eigenvalue weighted by Gasteiger charge is -2.24. The Bertz CT molecular complexity index is 669. The Morgan fingerprint density at radius 3 is 2.55 bits per heavy atom. The van der Waals surface area contributed by atoms with Gasteiger partial charge in [0.15, 0.2) is 0 Å². The average molecular weight is 300 g/mol. The number of hydrogen-bond acceptors (Lipinski definition) is 3. The van der Waals surface area contributed by atoms with Crippen molar-refractivity contribution in [3.63, 3.8) is 0 Å². The Morgan fingerprint density at radius 2 is 1.82 bits per heavy atom. The van der Waals surface area contributed by atoms with Gasteiger partial charge >= 0.3 is 0 Å². The molecule has 0 radical (unpaired) electrons. The van der Waals surface area contributed by atoms with Gasteiger partial charge in [-0.15, -0.1) is 0 Å². The lowest BCUT2D eigenvalue weighted by molar-refractivity contribution is -0.698. The molecular weight excluding hydrogens is 278 g/mol. The van der Waals surface area contributed by atoms with Crippen LogP contribution in [-0.2, 0) is 26.1 Å². The van der Waals surface area contributed by atoms with Crippen LogP contribution >= 0.6 is 0 Å². The van der Waals surface area contributed by atoms with Crippen LogP contribution in [0, 0.1) is 0 Å². The minimum absolute atomic E-state index is 0.0815. The zero-order chi connectivity index (χ0) is 15.5. The standard InChI is InChI=1S/C18H21NO3/c20-10-13-2-4-16-14(7-13)5-6-19-17(16)8-12-1-3-15(11-21)18(22)9-12/h1-4,7,9,17,19-22H,5-6,8,10-11H2/p+1. The summed E-state index contributed by atoms with van der Waals surface area (Å²) in [5.41, 5.74) is 5.22. The van der Waals surface area contributed by atoms with Gasteiger partial charge in [0.1, 0.15) is 11.8 Å². The predicted molar refractivity (Wildman–Crippen MR) is 83.3 cm³/mol. The van der Waals surface area contributed by atoms with Crippen molar-refractivity contribution >= 4 is 0 Å². The molecule has 0 bridgehead atoms. The van der Waals surface area contributed by atoms with E-state index in [-0.39, 0.29) is 19.0 Å². The van der Waals surface area contributed by atoms with E-state index in [0.717, 1.165) is 30.5 Å². The number of aliphatic hydroxyl groups excluding tert-OH is 2. The first-order valence-electron chi connectivity index (χ1n) is 7.68. The van der Waals surface area contributed by atoms with E-state index in [1.807, 2.05) is 12.1 Å². The molecule has 5 N–H and O–H groups in total. The van der Waals surface area contributed by atoms with E-state index in [9.17, 15) is 10.2 Å². The van der Waals surface area contributed by atoms with Gasteiger partial charge in [0, 0.05) is 24.0 Å². The smallest absolute Gasteiger partial charge is 0.121 e. The number of nitrogens with two attached hydrogens (primary N) is 1. The van der Waals surface area contributed by atoms with Crippen molar-refractivity contribution in [2.75, 3.05) is 6.54 Å². The van der Waals surface area contributed by atoms with Crippen molar-refractivity contribution in [3.8, 4) is 5.75 Å². The molecule has 0 aromatic heterocycles. The Balaban J connectivity index is 1.84. The first-order valence-corrected chi connectivity index (χ1v) is 7.68. The van der Waals surface area contributed by atoms with Gasteiger partial charge in [-0.05, 0) is 22.8 Å². The molecule has 0 saturated heterocycles. The highest BCUT2D eigenvalue weighted by Gasteiger charge is 2.23. The molecular formula is C18H22NO3+. The molecule has 0 fully saturated rings. The fourth-order valence-corrected chi connectivity index (χ4v) is 3.22. The van der Waals surface area contributed by atoms with Gasteiger partial charge in [0.05, 0.1) is 19.8 Å². The minimum atomic E-state index is -0.144. The summed E-state index contributed by atoms with van der Waals surface area (Å²) in [5.74, 6) is 0.159. The van der Waals surface area contributed by atoms with Crippen LogP contribution in [0.5, 0.6) is 5.75 Å². The number of aliphatic hydroxyl groups is 2. The molecule has 4 nitrogen and oxygen atoms in total. The number of fused-ring (bicyclic) bond motifs is 1. The molecule has 1 aliphatic heterocycles. The van der Waals surface area contributed by atoms with Crippen LogP contribution < -0.4 is 5.32 Å². The van der Waals surface area contributed by atoms with Gasteiger partial charge in [-0.3, -0.25) is 0 Å². The summed E-state index contributed by atoms with van der Waals surface area (Å²) in [5, 5.41) is 30.6. The van der Waals surface area contributed by atoms with E-state index in [2.05, 4.69) is 17.4 Å². The Kier molecular flexibility index (Phi) is 4.43. The molecule has 1 atom stereocenters. The van der Waals surface area contributed by atoms with Crippen LogP contribution in [0.3, 0.4) is 0 Å². The van der Waals surface area contributed by atoms with Gasteiger partial charge < -0.3 is 20.6 Å². The molecule has 0 spiro atoms. The molecule has 3 rings (SSSR count). The number of quaternary nitrogens is 1. The zero-order valence-corrected chi connectivity index (χ0v) is 12.5. The van der Waals surface area contributed by atoms with Crippen LogP contribution in [0.4, 0.5) is 0 Å². The van der Waals surface area contributed by atoms with Gasteiger partial charge in [-0.25, -0.2) is 0 Å². The summed E-state index contributed by atoms with van der Waals surface area (Å²) in [6.07, 6.45) is 1.86. The second kappa shape index (κ2) is 6.48. The maximum atomic E-state index is 9.89. The van der Waals surface area contributed by atoms with Crippen LogP contribution in [0.1, 0.15) is 33.9 Å². The molecule has 2 aromatic rings. The molecule has 0 saturated carbocycles. The Labute approximate surface area is 130 Å². The topological polar surface area (TPSA) is 77.3 Å². The second-order valence-corrected chi connectivity index (χ2v) is 5.90. The summed E-state index contributed by atoms with van der Waals surface area (Å²) >= 11 is 0. The largest absolute Gasteiger partial charge is 0.508 e. The lowest BCUT2D eigenvalue weighted by Crippen LogP contribution is -2.87. The number of aromatic hydroxyl groups is 1. The van der Waals surface area contributed by atoms with E-state index in [1.54, 1.807) is 12.1 Å². The van der Waals surface area contributed by atoms with E-state index < -0.39 is 0 Å². The summed E-state index contributed by atoms with van der Waals surface area (Å²) in [7, 11) is 0. The number of phenols is 1. The van der Waals surface area contributed by atoms with Crippen molar-refractivity contribution in [2.24, 2.45) is 0 Å². The molecule has 0 amide bonds. The molecule has 1 unspecified atom stereocenters. The van der Waals surface area contributed by atoms with Crippen molar-refractivity contribution in [1.82, 2.24) is 0 Å². The molecule has 1 aliphatic rings. The zero-order valence-electron chi connectivity index (χ0n) is 12.5. The van der Waals surface area contributed by atoms with Crippen LogP contribution in [0.2, 0.25) is 0 Å². The van der Waals surface area contributed by atoms with Crippen molar-refractivity contribution in [1.29, 1.82) is 0 Å². The van der Waals surface area contributed by atoms with Crippen LogP contribution in [-0.4, -0.2) is 21.9 Å². The third-order valence-corrected chi connectivity index (χ3v) is 4.43. The first kappa shape index (κ1) is 15.0. The minimum Gasteiger partial charge on any atom is -0.508 e. The molecule has 0 aliphatic carbocycles. The molecule has 4 heteroatoms. The average Bonchev–Trinajstić information content (AvgIpc) is 2.55. The highest BCUT2D eigenvalue weighted by Crippen LogP contribution is 2.26. The number of hydrogen-bond donors (Lipinski definition) is 4. The molecule has 116 valence electrons. The quantitative estimate of drug-likeness (QED) is 0.674. The normalized spacial score (nSPS) is 17.3. The maximum absolute atomic E-state index is 9.89. The monoisotopic (exact) mass is 300 g/mol. The van der Waals surface area contributed by atoms with Gasteiger partial charge in [-0.1, -0.05) is 30.3 Å². The molecule has 22 heavy (non-hydrogen) atoms. The fraction of sp³-hybridized carbons (Fsp3) is 0.333. The van der Waals surface area contributed by atoms with Crippen molar-refractivity contribution in [3.05, 3.63) is 64.2 Å². The lowest BCUT2D eigenvalue weighted by atomic mass is 9.89. The third kappa shape index (κ3) is 2.99. The SMILES string of the molecule is OCc1ccc2c(c1)CC[NH2+]C2Cc1ccc(CO)c(O)c1. The van der Waals surface area contributed by atoms with Crippen molar-refractivity contribution in [2.45, 2.75) is 32.1 Å². The highest BCUT2D eigenvalue weighted by molar-refractivity contribution is 5.38. The second-order valence-electron chi connectivity index (χ2n) is 5.90. The summed E-state index contributed by atoms with van der Waals surface area (Å²) < 4.78 is 0. The summed E-state index contributed by atoms with van der Waals surface area (Å²) in [6, 6.07) is 12.0. The number of rotatable bonds is 4. The third-order valence-electron chi connectivity index (χ3n) is 4.43. The Hall–Kier alpha value is -1.88. The van der Waals surface area contributed by atoms with Gasteiger partial charge in [0.2, 0.25) is 0 Å². The molecule has 2 aromatic carbocycles. The maximum Gasteiger partial charge on any atom is 0.121 e. The van der Waals surface area contributed by atoms with E-state index in [0.29, 0.717) is 11.6 Å². The predicted octanol–water partition coefficient (Wildman–Crippen LogP) is 0.780. The highest BCUT2D eigenvalue weighted by atomic mass is 16.3. The van der Waals surface area contributed by atoms with Crippen LogP contribution in [0.15, 0.2) is 36.4 Å². The van der Waals surface area contributed by atoms with Crippen molar-refractivity contribution < 1.29 is 20.6 Å². The first-order chi connectivity index (χ1) is 10.7. The summed E-state index contributed by atoms with van der Waals surface area (Å²) in [6.45, 7) is 0.972. The van der Waals surface area contributed by atoms with Crippen LogP contribution in [0.25, 0.3) is 0 Å². The van der Waals surface area contributed by atoms with E-state index >= 15 is 0 Å². The molecule has 1 heterocycles. The van der Waals surface area contributed by atoms with Gasteiger partial charge in [0.25, 0.3) is 0 Å².